The number of thiazole rings is 2. The summed E-state index contributed by atoms with van der Waals surface area (Å²) in [5, 5.41) is 9.20. The largest absolute Gasteiger partial charge is 0.433 e. The Bertz CT molecular complexity index is 1450. The molecule has 0 aliphatic rings. The molecule has 0 fully saturated rings. The van der Waals surface area contributed by atoms with E-state index in [0.29, 0.717) is 10.6 Å². The standard InChI is InChI=1S/C19H11F3N6OS2.C2H7N/c20-19(21,22)15-10(9-23-26-17-24-11-5-1-3-7-13(11)30-17)16(29)28(27-15)18-25-12-6-2-4-8-14(12)31-18;1-3-2/h1-9,27H,(H,24,26);3H,1-2H3. The van der Waals surface area contributed by atoms with E-state index in [1.165, 1.54) is 11.3 Å². The Morgan fingerprint density at radius 1 is 1.00 bits per heavy atom. The molecule has 3 N–H and O–H groups in total. The first kappa shape index (κ1) is 23.6. The third-order valence-electron chi connectivity index (χ3n) is 4.33. The number of nitrogens with zero attached hydrogens (tertiary/aromatic N) is 4. The molecule has 0 radical (unpaired) electrons. The number of alkyl halides is 3. The molecule has 13 heteroatoms. The molecular weight excluding hydrogens is 487 g/mol. The summed E-state index contributed by atoms with van der Waals surface area (Å²) in [5.41, 5.74) is 1.19. The molecule has 0 saturated carbocycles. The zero-order chi connectivity index (χ0) is 24.3. The fraction of sp³-hybridized carbons (Fsp3) is 0.143. The van der Waals surface area contributed by atoms with E-state index in [2.05, 4.69) is 30.9 Å². The molecular formula is C21H18F3N7OS2. The van der Waals surface area contributed by atoms with Gasteiger partial charge in [0.25, 0.3) is 5.56 Å². The number of rotatable bonds is 4. The van der Waals surface area contributed by atoms with Crippen molar-refractivity contribution in [2.24, 2.45) is 5.10 Å². The van der Waals surface area contributed by atoms with Gasteiger partial charge >= 0.3 is 6.18 Å². The normalized spacial score (nSPS) is 11.8. The van der Waals surface area contributed by atoms with E-state index >= 15 is 0 Å². The highest BCUT2D eigenvalue weighted by molar-refractivity contribution is 7.22. The fourth-order valence-electron chi connectivity index (χ4n) is 2.95. The van der Waals surface area contributed by atoms with Gasteiger partial charge in [0, 0.05) is 0 Å². The van der Waals surface area contributed by atoms with E-state index in [1.54, 1.807) is 24.3 Å². The Balaban J connectivity index is 0.000000868. The minimum atomic E-state index is -4.78. The first-order chi connectivity index (χ1) is 16.3. The third kappa shape index (κ3) is 4.85. The van der Waals surface area contributed by atoms with Crippen LogP contribution in [0.15, 0.2) is 58.4 Å². The van der Waals surface area contributed by atoms with Crippen LogP contribution < -0.4 is 16.3 Å². The summed E-state index contributed by atoms with van der Waals surface area (Å²) < 4.78 is 43.1. The molecule has 0 amide bonds. The topological polar surface area (TPSA) is 100.0 Å². The van der Waals surface area contributed by atoms with Crippen LogP contribution in [0.3, 0.4) is 0 Å². The molecule has 0 bridgehead atoms. The minimum absolute atomic E-state index is 0.107. The molecule has 2 aromatic carbocycles. The number of hydrogen-bond donors (Lipinski definition) is 3. The Kier molecular flexibility index (Phi) is 6.77. The van der Waals surface area contributed by atoms with Crippen LogP contribution in [-0.4, -0.2) is 40.1 Å². The molecule has 3 heterocycles. The van der Waals surface area contributed by atoms with Crippen molar-refractivity contribution in [3.05, 3.63) is 70.1 Å². The van der Waals surface area contributed by atoms with Gasteiger partial charge in [0.1, 0.15) is 0 Å². The molecule has 5 rings (SSSR count). The van der Waals surface area contributed by atoms with Crippen LogP contribution in [-0.2, 0) is 6.18 Å². The van der Waals surface area contributed by atoms with Gasteiger partial charge in [-0.25, -0.2) is 9.97 Å². The van der Waals surface area contributed by atoms with E-state index in [-0.39, 0.29) is 5.13 Å². The van der Waals surface area contributed by atoms with E-state index in [9.17, 15) is 18.0 Å². The van der Waals surface area contributed by atoms with Gasteiger partial charge in [0.15, 0.2) is 5.69 Å². The maximum Gasteiger partial charge on any atom is 0.433 e. The number of nitrogens with one attached hydrogen (secondary N) is 3. The van der Waals surface area contributed by atoms with Gasteiger partial charge in [0.2, 0.25) is 10.3 Å². The van der Waals surface area contributed by atoms with Crippen LogP contribution in [0.2, 0.25) is 0 Å². The predicted molar refractivity (Wildman–Crippen MR) is 130 cm³/mol. The van der Waals surface area contributed by atoms with Gasteiger partial charge in [-0.3, -0.25) is 15.3 Å². The van der Waals surface area contributed by atoms with Crippen molar-refractivity contribution in [1.82, 2.24) is 25.1 Å². The Morgan fingerprint density at radius 3 is 2.18 bits per heavy atom. The first-order valence-electron chi connectivity index (χ1n) is 9.83. The van der Waals surface area contributed by atoms with Gasteiger partial charge < -0.3 is 5.32 Å². The fourth-order valence-corrected chi connectivity index (χ4v) is 4.69. The highest BCUT2D eigenvalue weighted by Crippen LogP contribution is 2.30. The van der Waals surface area contributed by atoms with Crippen LogP contribution in [0.5, 0.6) is 0 Å². The number of hydrazone groups is 1. The maximum absolute atomic E-state index is 13.6. The molecule has 5 aromatic rings. The maximum atomic E-state index is 13.6. The second kappa shape index (κ2) is 9.75. The van der Waals surface area contributed by atoms with Crippen LogP contribution in [0, 0.1) is 0 Å². The lowest BCUT2D eigenvalue weighted by Gasteiger charge is -2.03. The zero-order valence-electron chi connectivity index (χ0n) is 17.8. The molecule has 0 unspecified atom stereocenters. The minimum Gasteiger partial charge on any atom is -0.323 e. The van der Waals surface area contributed by atoms with Gasteiger partial charge in [0.05, 0.1) is 32.2 Å². The van der Waals surface area contributed by atoms with Gasteiger partial charge in [-0.15, -0.1) is 0 Å². The lowest BCUT2D eigenvalue weighted by molar-refractivity contribution is -0.141. The number of halogens is 3. The lowest BCUT2D eigenvalue weighted by atomic mass is 10.2. The summed E-state index contributed by atoms with van der Waals surface area (Å²) in [6.07, 6.45) is -3.93. The quantitative estimate of drug-likeness (QED) is 0.243. The first-order valence-corrected chi connectivity index (χ1v) is 11.5. The summed E-state index contributed by atoms with van der Waals surface area (Å²) in [5.74, 6) is 0. The summed E-state index contributed by atoms with van der Waals surface area (Å²) in [6.45, 7) is 0. The lowest BCUT2D eigenvalue weighted by Crippen LogP contribution is -2.17. The van der Waals surface area contributed by atoms with Crippen molar-refractivity contribution in [3.63, 3.8) is 0 Å². The molecule has 0 atom stereocenters. The van der Waals surface area contributed by atoms with E-state index in [1.807, 2.05) is 38.4 Å². The Labute approximate surface area is 198 Å². The molecule has 0 spiro atoms. The van der Waals surface area contributed by atoms with Crippen molar-refractivity contribution >= 4 is 54.5 Å². The number of fused-ring (bicyclic) bond motifs is 2. The molecule has 8 nitrogen and oxygen atoms in total. The van der Waals surface area contributed by atoms with Crippen molar-refractivity contribution in [2.75, 3.05) is 19.5 Å². The number of H-pyrrole nitrogens is 1. The summed E-state index contributed by atoms with van der Waals surface area (Å²) in [6, 6.07) is 14.4. The monoisotopic (exact) mass is 505 g/mol. The summed E-state index contributed by atoms with van der Waals surface area (Å²) in [4.78, 5) is 21.3. The number of aromatic nitrogens is 4. The number of aromatic amines is 1. The number of anilines is 1. The second-order valence-corrected chi connectivity index (χ2v) is 8.90. The van der Waals surface area contributed by atoms with Crippen LogP contribution in [0.4, 0.5) is 18.3 Å². The second-order valence-electron chi connectivity index (χ2n) is 6.86. The number of benzene rings is 2. The van der Waals surface area contributed by atoms with Crippen molar-refractivity contribution in [1.29, 1.82) is 0 Å². The van der Waals surface area contributed by atoms with Crippen LogP contribution >= 0.6 is 22.7 Å². The predicted octanol–water partition coefficient (Wildman–Crippen LogP) is 4.69. The molecule has 0 aliphatic carbocycles. The molecule has 176 valence electrons. The summed E-state index contributed by atoms with van der Waals surface area (Å²) >= 11 is 2.40. The average molecular weight is 506 g/mol. The smallest absolute Gasteiger partial charge is 0.323 e. The van der Waals surface area contributed by atoms with Gasteiger partial charge in [-0.1, -0.05) is 46.9 Å². The van der Waals surface area contributed by atoms with E-state index < -0.39 is 23.0 Å². The van der Waals surface area contributed by atoms with E-state index in [0.717, 1.165) is 37.1 Å². The zero-order valence-corrected chi connectivity index (χ0v) is 19.5. The molecule has 0 saturated heterocycles. The molecule has 34 heavy (non-hydrogen) atoms. The van der Waals surface area contributed by atoms with E-state index in [4.69, 9.17) is 0 Å². The highest BCUT2D eigenvalue weighted by atomic mass is 32.1. The van der Waals surface area contributed by atoms with Crippen LogP contribution in [0.25, 0.3) is 25.6 Å². The Hall–Kier alpha value is -3.55. The highest BCUT2D eigenvalue weighted by Gasteiger charge is 2.38. The molecule has 3 aromatic heterocycles. The van der Waals surface area contributed by atoms with Crippen LogP contribution in [0.1, 0.15) is 11.3 Å². The van der Waals surface area contributed by atoms with Crippen molar-refractivity contribution in [2.45, 2.75) is 6.18 Å². The number of para-hydroxylation sites is 2. The van der Waals surface area contributed by atoms with Crippen molar-refractivity contribution < 1.29 is 13.2 Å². The Morgan fingerprint density at radius 2 is 1.59 bits per heavy atom. The van der Waals surface area contributed by atoms with Gasteiger partial charge in [-0.2, -0.15) is 23.0 Å². The summed E-state index contributed by atoms with van der Waals surface area (Å²) in [7, 11) is 3.75. The van der Waals surface area contributed by atoms with Crippen molar-refractivity contribution in [3.8, 4) is 5.13 Å². The van der Waals surface area contributed by atoms with Gasteiger partial charge in [-0.05, 0) is 38.4 Å². The number of hydrogen-bond acceptors (Lipinski definition) is 8. The third-order valence-corrected chi connectivity index (χ3v) is 6.29. The average Bonchev–Trinajstić information content (AvgIpc) is 3.49. The SMILES string of the molecule is CNC.O=c1c(C=NNc2nc3ccccc3s2)c(C(F)(F)F)[nH]n1-c1nc2ccccc2s1. The molecule has 0 aliphatic heterocycles.